The molecule has 1 amide bonds. The van der Waals surface area contributed by atoms with Gasteiger partial charge in [0.15, 0.2) is 23.9 Å². The van der Waals surface area contributed by atoms with Crippen molar-refractivity contribution in [3.8, 4) is 0 Å². The third-order valence-corrected chi connectivity index (χ3v) is 14.2. The Bertz CT molecular complexity index is 2360. The number of hydrogen-bond acceptors (Lipinski definition) is 14. The zero-order chi connectivity index (χ0) is 45.9. The molecule has 2 heterocycles. The number of nitrogens with one attached hydrogen (secondary N) is 1. The summed E-state index contributed by atoms with van der Waals surface area (Å²) in [7, 11) is 0. The SMILES string of the molecule is CC(=O)O[C@H]1C[C@H]2OC[C@@]2(OC(C)=O)[C@H]2[C@H](OC(=O)c3ccccc3)C3C[C@H](OC(=O)[C@H](O)[C@@H](NC(=O)c4ccc(C)cc4)c4ccccc4)C(C)=C([C@H]4OC(=O)O[C@@H]4[C@]12C)C3(C)C. The highest BCUT2D eigenvalue weighted by atomic mass is 16.8. The summed E-state index contributed by atoms with van der Waals surface area (Å²) < 4.78 is 43.7. The van der Waals surface area contributed by atoms with E-state index < -0.39 is 113 Å². The first-order chi connectivity index (χ1) is 30.4. The second-order valence-electron chi connectivity index (χ2n) is 18.3. The number of hydrogen-bond donors (Lipinski definition) is 2. The molecule has 0 aromatic heterocycles. The van der Waals surface area contributed by atoms with Crippen molar-refractivity contribution in [1.82, 2.24) is 5.32 Å². The van der Waals surface area contributed by atoms with Gasteiger partial charge in [0.25, 0.3) is 5.91 Å². The summed E-state index contributed by atoms with van der Waals surface area (Å²) in [5, 5.41) is 14.7. The van der Waals surface area contributed by atoms with E-state index in [0.717, 1.165) is 5.56 Å². The van der Waals surface area contributed by atoms with Crippen LogP contribution in [-0.2, 0) is 47.5 Å². The van der Waals surface area contributed by atoms with Gasteiger partial charge in [0, 0.05) is 31.7 Å². The summed E-state index contributed by atoms with van der Waals surface area (Å²) in [5.41, 5.74) is -1.04. The Kier molecular flexibility index (Phi) is 11.7. The molecule has 12 atom stereocenters. The maximum absolute atomic E-state index is 14.4. The minimum Gasteiger partial charge on any atom is -0.462 e. The highest BCUT2D eigenvalue weighted by Gasteiger charge is 2.78. The number of carbonyl (C=O) groups excluding carboxylic acids is 6. The number of fused-ring (bicyclic) bond motifs is 8. The molecule has 0 spiro atoms. The van der Waals surface area contributed by atoms with Crippen LogP contribution in [0.2, 0.25) is 0 Å². The molecule has 338 valence electrons. The highest BCUT2D eigenvalue weighted by Crippen LogP contribution is 2.66. The van der Waals surface area contributed by atoms with Crippen molar-refractivity contribution < 1.29 is 67.0 Å². The van der Waals surface area contributed by atoms with Gasteiger partial charge in [-0.1, -0.05) is 87.0 Å². The number of rotatable bonds is 10. The number of aliphatic hydroxyl groups is 1. The zero-order valence-corrected chi connectivity index (χ0v) is 36.7. The second-order valence-corrected chi connectivity index (χ2v) is 18.3. The lowest BCUT2D eigenvalue weighted by molar-refractivity contribution is -0.351. The van der Waals surface area contributed by atoms with Crippen molar-refractivity contribution in [2.45, 2.75) is 116 Å². The van der Waals surface area contributed by atoms with Crippen molar-refractivity contribution >= 4 is 35.9 Å². The topological polar surface area (TPSA) is 199 Å². The summed E-state index contributed by atoms with van der Waals surface area (Å²) in [6, 6.07) is 22.5. The highest BCUT2D eigenvalue weighted by molar-refractivity contribution is 5.95. The molecule has 0 radical (unpaired) electrons. The standard InChI is InChI=1S/C49H53NO14/c1-25-18-20-30(21-19-25)43(54)50-37(29-14-10-8-11-15-29)38(53)45(56)60-33-22-32-39(61-44(55)31-16-12-9-13-17-31)41-48(7,42-40(62-46(57)63-42)36(26(33)2)47(32,5)6)34(59-27(3)51)23-35-49(41,24-58-35)64-28(4)52/h8-21,32-35,37-42,53H,22-24H2,1-7H3,(H,50,54)/t32?,33-,34-,35+,37-,38+,39+,40+,41-,42-,48+,49-/m0/s1. The van der Waals surface area contributed by atoms with E-state index >= 15 is 0 Å². The van der Waals surface area contributed by atoms with Crippen LogP contribution in [0.15, 0.2) is 96.1 Å². The van der Waals surface area contributed by atoms with Crippen molar-refractivity contribution in [3.05, 3.63) is 118 Å². The number of esters is 4. The Balaban J connectivity index is 1.25. The average molecular weight is 880 g/mol. The first-order valence-electron chi connectivity index (χ1n) is 21.5. The molecule has 3 aromatic carbocycles. The van der Waals surface area contributed by atoms with E-state index in [1.165, 1.54) is 13.8 Å². The molecule has 2 bridgehead atoms. The van der Waals surface area contributed by atoms with Crippen molar-refractivity contribution in [1.29, 1.82) is 0 Å². The summed E-state index contributed by atoms with van der Waals surface area (Å²) in [4.78, 5) is 82.1. The quantitative estimate of drug-likeness (QED) is 0.139. The molecule has 2 aliphatic heterocycles. The molecule has 1 unspecified atom stereocenters. The fraction of sp³-hybridized carbons (Fsp3) is 0.469. The van der Waals surface area contributed by atoms with Crippen molar-refractivity contribution in [2.75, 3.05) is 6.61 Å². The molecule has 4 fully saturated rings. The third-order valence-electron chi connectivity index (χ3n) is 14.2. The molecular formula is C49H53NO14. The van der Waals surface area contributed by atoms with E-state index in [1.54, 1.807) is 98.8 Å². The molecule has 2 saturated carbocycles. The fourth-order valence-electron chi connectivity index (χ4n) is 11.2. The lowest BCUT2D eigenvalue weighted by Crippen LogP contribution is -2.80. The van der Waals surface area contributed by atoms with Crippen LogP contribution in [-0.4, -0.2) is 96.0 Å². The summed E-state index contributed by atoms with van der Waals surface area (Å²) in [5.74, 6) is -5.45. The predicted octanol–water partition coefficient (Wildman–Crippen LogP) is 5.90. The van der Waals surface area contributed by atoms with Crippen molar-refractivity contribution in [2.24, 2.45) is 22.7 Å². The van der Waals surface area contributed by atoms with E-state index in [4.69, 9.17) is 33.2 Å². The van der Waals surface area contributed by atoms with Gasteiger partial charge in [-0.15, -0.1) is 0 Å². The lowest BCUT2D eigenvalue weighted by Gasteiger charge is -2.67. The minimum atomic E-state index is -1.91. The van der Waals surface area contributed by atoms with Gasteiger partial charge < -0.3 is 43.6 Å². The second kappa shape index (κ2) is 16.8. The maximum atomic E-state index is 14.4. The first-order valence-corrected chi connectivity index (χ1v) is 21.5. The normalized spacial score (nSPS) is 31.8. The number of aliphatic hydroxyl groups excluding tert-OH is 1. The van der Waals surface area contributed by atoms with Crippen LogP contribution in [0.1, 0.15) is 92.3 Å². The fourth-order valence-corrected chi connectivity index (χ4v) is 11.2. The van der Waals surface area contributed by atoms with E-state index in [0.29, 0.717) is 22.3 Å². The Labute approximate surface area is 370 Å². The monoisotopic (exact) mass is 879 g/mol. The van der Waals surface area contributed by atoms with Crippen LogP contribution in [0.3, 0.4) is 0 Å². The van der Waals surface area contributed by atoms with E-state index in [9.17, 15) is 33.9 Å². The van der Waals surface area contributed by atoms with Gasteiger partial charge in [-0.2, -0.15) is 0 Å². The number of benzene rings is 3. The van der Waals surface area contributed by atoms with Crippen LogP contribution in [0, 0.1) is 29.6 Å². The van der Waals surface area contributed by atoms with E-state index in [-0.39, 0.29) is 25.0 Å². The zero-order valence-electron chi connectivity index (χ0n) is 36.7. The summed E-state index contributed by atoms with van der Waals surface area (Å²) >= 11 is 0. The molecule has 2 saturated heterocycles. The largest absolute Gasteiger partial charge is 0.509 e. The third kappa shape index (κ3) is 7.61. The van der Waals surface area contributed by atoms with Gasteiger partial charge in [-0.25, -0.2) is 14.4 Å². The van der Waals surface area contributed by atoms with Gasteiger partial charge in [-0.05, 0) is 66.7 Å². The van der Waals surface area contributed by atoms with Gasteiger partial charge in [0.2, 0.25) is 0 Å². The Morgan fingerprint density at radius 3 is 2.06 bits per heavy atom. The number of carbonyl (C=O) groups is 6. The lowest BCUT2D eigenvalue weighted by atomic mass is 9.45. The first kappa shape index (κ1) is 44.5. The molecule has 15 heteroatoms. The minimum absolute atomic E-state index is 0.00205. The van der Waals surface area contributed by atoms with E-state index in [2.05, 4.69) is 5.32 Å². The molecular weight excluding hydrogens is 827 g/mol. The molecule has 64 heavy (non-hydrogen) atoms. The molecule has 3 aromatic rings. The molecule has 5 aliphatic rings. The summed E-state index contributed by atoms with van der Waals surface area (Å²) in [6.45, 7) is 11.6. The van der Waals surface area contributed by atoms with Crippen LogP contribution in [0.4, 0.5) is 4.79 Å². The Morgan fingerprint density at radius 2 is 1.45 bits per heavy atom. The predicted molar refractivity (Wildman–Crippen MR) is 225 cm³/mol. The number of ether oxygens (including phenoxy) is 7. The number of aryl methyl sites for hydroxylation is 1. The Hall–Kier alpha value is -6.06. The average Bonchev–Trinajstić information content (AvgIpc) is 3.64. The van der Waals surface area contributed by atoms with Crippen LogP contribution >= 0.6 is 0 Å². The van der Waals surface area contributed by atoms with Gasteiger partial charge in [-0.3, -0.25) is 14.4 Å². The van der Waals surface area contributed by atoms with Crippen LogP contribution in [0.25, 0.3) is 0 Å². The smallest absolute Gasteiger partial charge is 0.462 e. The molecule has 2 N–H and O–H groups in total. The van der Waals surface area contributed by atoms with Crippen LogP contribution in [0.5, 0.6) is 0 Å². The van der Waals surface area contributed by atoms with Crippen LogP contribution < -0.4 is 5.32 Å². The Morgan fingerprint density at radius 1 is 0.797 bits per heavy atom. The molecule has 8 rings (SSSR count). The van der Waals surface area contributed by atoms with Crippen molar-refractivity contribution in [3.63, 3.8) is 0 Å². The molecule has 3 aliphatic carbocycles. The number of amides is 1. The molecule has 15 nitrogen and oxygen atoms in total. The van der Waals surface area contributed by atoms with Gasteiger partial charge >= 0.3 is 30.0 Å². The summed E-state index contributed by atoms with van der Waals surface area (Å²) in [6.07, 6.45) is -9.47. The van der Waals surface area contributed by atoms with E-state index in [1.807, 2.05) is 20.8 Å². The van der Waals surface area contributed by atoms with Gasteiger partial charge in [0.1, 0.15) is 24.4 Å². The maximum Gasteiger partial charge on any atom is 0.509 e. The van der Waals surface area contributed by atoms with Gasteiger partial charge in [0.05, 0.1) is 29.5 Å².